The lowest BCUT2D eigenvalue weighted by Crippen LogP contribution is -2.34. The zero-order valence-electron chi connectivity index (χ0n) is 19.6. The lowest BCUT2D eigenvalue weighted by molar-refractivity contribution is -0.123. The maximum Gasteiger partial charge on any atom is 0.335 e. The maximum atomic E-state index is 13.3. The number of pyridine rings is 1. The SMILES string of the molecule is Cc1ccc(NC(=O)c2oc3ccc(C(=O)O)cc3c2CC(=O)[C@H]2CC[C@H](N(C)C)CC2)nc1. The lowest BCUT2D eigenvalue weighted by Gasteiger charge is -2.32. The van der Waals surface area contributed by atoms with Crippen LogP contribution in [0.5, 0.6) is 0 Å². The Labute approximate surface area is 198 Å². The summed E-state index contributed by atoms with van der Waals surface area (Å²) in [6.45, 7) is 1.90. The largest absolute Gasteiger partial charge is 0.478 e. The number of aromatic nitrogens is 1. The molecule has 0 aliphatic heterocycles. The number of rotatable bonds is 7. The number of hydrogen-bond acceptors (Lipinski definition) is 6. The third-order valence-electron chi connectivity index (χ3n) is 6.63. The quantitative estimate of drug-likeness (QED) is 0.536. The summed E-state index contributed by atoms with van der Waals surface area (Å²) in [6.07, 6.45) is 5.15. The number of amides is 1. The van der Waals surface area contributed by atoms with Crippen LogP contribution in [0.1, 0.15) is 57.7 Å². The third kappa shape index (κ3) is 5.02. The number of Topliss-reactive ketones (excluding diaryl/α,β-unsaturated/α-hetero) is 1. The summed E-state index contributed by atoms with van der Waals surface area (Å²) in [4.78, 5) is 44.3. The molecule has 1 saturated carbocycles. The van der Waals surface area contributed by atoms with Crippen molar-refractivity contribution in [3.05, 3.63) is 59.0 Å². The second-order valence-electron chi connectivity index (χ2n) is 9.21. The van der Waals surface area contributed by atoms with E-state index in [0.717, 1.165) is 31.2 Å². The number of nitrogens with zero attached hydrogens (tertiary/aromatic N) is 2. The highest BCUT2D eigenvalue weighted by Gasteiger charge is 2.30. The number of carbonyl (C=O) groups is 3. The first-order valence-electron chi connectivity index (χ1n) is 11.4. The van der Waals surface area contributed by atoms with Gasteiger partial charge in [-0.3, -0.25) is 9.59 Å². The van der Waals surface area contributed by atoms with Crippen LogP contribution in [0.2, 0.25) is 0 Å². The first-order chi connectivity index (χ1) is 16.2. The molecule has 2 N–H and O–H groups in total. The van der Waals surface area contributed by atoms with Gasteiger partial charge in [0.25, 0.3) is 5.91 Å². The number of aryl methyl sites for hydroxylation is 1. The van der Waals surface area contributed by atoms with Crippen molar-refractivity contribution < 1.29 is 23.9 Å². The second kappa shape index (κ2) is 9.77. The van der Waals surface area contributed by atoms with Crippen LogP contribution in [0.25, 0.3) is 11.0 Å². The smallest absolute Gasteiger partial charge is 0.335 e. The van der Waals surface area contributed by atoms with Crippen LogP contribution in [0.15, 0.2) is 40.9 Å². The molecule has 0 saturated heterocycles. The fraction of sp³-hybridized carbons (Fsp3) is 0.385. The summed E-state index contributed by atoms with van der Waals surface area (Å²) < 4.78 is 5.84. The van der Waals surface area contributed by atoms with E-state index >= 15 is 0 Å². The molecule has 0 spiro atoms. The van der Waals surface area contributed by atoms with E-state index < -0.39 is 11.9 Å². The molecule has 0 unspecified atom stereocenters. The van der Waals surface area contributed by atoms with Crippen molar-refractivity contribution in [3.63, 3.8) is 0 Å². The first kappa shape index (κ1) is 23.6. The van der Waals surface area contributed by atoms with Crippen molar-refractivity contribution in [2.75, 3.05) is 19.4 Å². The number of nitrogens with one attached hydrogen (secondary N) is 1. The number of hydrogen-bond donors (Lipinski definition) is 2. The molecule has 2 heterocycles. The molecule has 34 heavy (non-hydrogen) atoms. The summed E-state index contributed by atoms with van der Waals surface area (Å²) in [5, 5.41) is 12.6. The van der Waals surface area contributed by atoms with E-state index in [-0.39, 0.29) is 29.4 Å². The third-order valence-corrected chi connectivity index (χ3v) is 6.63. The number of fused-ring (bicyclic) bond motifs is 1. The monoisotopic (exact) mass is 463 g/mol. The van der Waals surface area contributed by atoms with Gasteiger partial charge in [-0.1, -0.05) is 6.07 Å². The zero-order chi connectivity index (χ0) is 24.4. The molecule has 0 radical (unpaired) electrons. The predicted molar refractivity (Wildman–Crippen MR) is 128 cm³/mol. The van der Waals surface area contributed by atoms with Gasteiger partial charge in [0.05, 0.1) is 5.56 Å². The van der Waals surface area contributed by atoms with Gasteiger partial charge in [0.1, 0.15) is 17.2 Å². The molecule has 3 aromatic rings. The van der Waals surface area contributed by atoms with E-state index in [2.05, 4.69) is 29.3 Å². The van der Waals surface area contributed by atoms with Crippen molar-refractivity contribution in [2.45, 2.75) is 45.1 Å². The molecule has 4 rings (SSSR count). The van der Waals surface area contributed by atoms with Crippen LogP contribution < -0.4 is 5.32 Å². The molecule has 0 bridgehead atoms. The topological polar surface area (TPSA) is 113 Å². The Hall–Kier alpha value is -3.52. The first-order valence-corrected chi connectivity index (χ1v) is 11.4. The van der Waals surface area contributed by atoms with Gasteiger partial charge in [0.15, 0.2) is 5.76 Å². The number of carbonyl (C=O) groups excluding carboxylic acids is 2. The summed E-state index contributed by atoms with van der Waals surface area (Å²) in [5.74, 6) is -1.28. The van der Waals surface area contributed by atoms with Crippen LogP contribution in [0, 0.1) is 12.8 Å². The standard InChI is InChI=1S/C26H29N3O5/c1-15-4-11-23(27-14-15)28-25(31)24-20(19-12-17(26(32)33)7-10-22(19)34-24)13-21(30)16-5-8-18(9-6-16)29(2)3/h4,7,10-12,14,16,18H,5-6,8-9,13H2,1-3H3,(H,32,33)(H,27,28,31)/t16-,18-. The Balaban J connectivity index is 1.64. The van der Waals surface area contributed by atoms with Gasteiger partial charge in [-0.25, -0.2) is 9.78 Å². The van der Waals surface area contributed by atoms with Gasteiger partial charge in [-0.2, -0.15) is 0 Å². The summed E-state index contributed by atoms with van der Waals surface area (Å²) in [6, 6.07) is 8.40. The van der Waals surface area contributed by atoms with E-state index in [9.17, 15) is 19.5 Å². The van der Waals surface area contributed by atoms with Gasteiger partial charge >= 0.3 is 5.97 Å². The van der Waals surface area contributed by atoms with Gasteiger partial charge in [0, 0.05) is 35.5 Å². The fourth-order valence-corrected chi connectivity index (χ4v) is 4.59. The van der Waals surface area contributed by atoms with E-state index in [0.29, 0.717) is 28.4 Å². The highest BCUT2D eigenvalue weighted by molar-refractivity contribution is 6.08. The molecule has 178 valence electrons. The highest BCUT2D eigenvalue weighted by atomic mass is 16.4. The molecule has 1 aliphatic carbocycles. The average Bonchev–Trinajstić information content (AvgIpc) is 3.18. The lowest BCUT2D eigenvalue weighted by atomic mass is 9.81. The molecule has 1 amide bonds. The van der Waals surface area contributed by atoms with Gasteiger partial charge in [0.2, 0.25) is 0 Å². The van der Waals surface area contributed by atoms with Crippen molar-refractivity contribution >= 4 is 34.4 Å². The van der Waals surface area contributed by atoms with Crippen molar-refractivity contribution in [1.29, 1.82) is 0 Å². The average molecular weight is 464 g/mol. The molecule has 8 heteroatoms. The Bertz CT molecular complexity index is 1220. The molecule has 1 fully saturated rings. The molecular weight excluding hydrogens is 434 g/mol. The van der Waals surface area contributed by atoms with Crippen LogP contribution in [-0.2, 0) is 11.2 Å². The molecule has 2 aromatic heterocycles. The Kier molecular flexibility index (Phi) is 6.79. The van der Waals surface area contributed by atoms with E-state index in [1.54, 1.807) is 12.3 Å². The summed E-state index contributed by atoms with van der Waals surface area (Å²) >= 11 is 0. The minimum absolute atomic E-state index is 0.00948. The fourth-order valence-electron chi connectivity index (χ4n) is 4.59. The summed E-state index contributed by atoms with van der Waals surface area (Å²) in [7, 11) is 4.11. The molecular formula is C26H29N3O5. The van der Waals surface area contributed by atoms with Gasteiger partial charge < -0.3 is 19.7 Å². The van der Waals surface area contributed by atoms with E-state index in [1.807, 2.05) is 13.0 Å². The second-order valence-corrected chi connectivity index (χ2v) is 9.21. The van der Waals surface area contributed by atoms with Crippen molar-refractivity contribution in [3.8, 4) is 0 Å². The number of furan rings is 1. The zero-order valence-corrected chi connectivity index (χ0v) is 19.6. The van der Waals surface area contributed by atoms with Crippen LogP contribution >= 0.6 is 0 Å². The minimum Gasteiger partial charge on any atom is -0.478 e. The van der Waals surface area contributed by atoms with Crippen LogP contribution in [0.4, 0.5) is 5.82 Å². The molecule has 1 aliphatic rings. The van der Waals surface area contributed by atoms with Crippen LogP contribution in [0.3, 0.4) is 0 Å². The normalized spacial score (nSPS) is 18.2. The summed E-state index contributed by atoms with van der Waals surface area (Å²) in [5.41, 5.74) is 1.81. The number of carboxylic acids is 1. The van der Waals surface area contributed by atoms with E-state index in [4.69, 9.17) is 4.42 Å². The Morgan fingerprint density at radius 2 is 1.85 bits per heavy atom. The molecule has 1 aromatic carbocycles. The van der Waals surface area contributed by atoms with E-state index in [1.165, 1.54) is 18.2 Å². The predicted octanol–water partition coefficient (Wildman–Crippen LogP) is 4.32. The van der Waals surface area contributed by atoms with Crippen molar-refractivity contribution in [1.82, 2.24) is 9.88 Å². The van der Waals surface area contributed by atoms with Gasteiger partial charge in [-0.15, -0.1) is 0 Å². The molecule has 8 nitrogen and oxygen atoms in total. The highest BCUT2D eigenvalue weighted by Crippen LogP contribution is 2.32. The Morgan fingerprint density at radius 3 is 2.47 bits per heavy atom. The number of aromatic carboxylic acids is 1. The number of carboxylic acid groups (broad SMARTS) is 1. The number of ketones is 1. The Morgan fingerprint density at radius 1 is 1.12 bits per heavy atom. The number of benzene rings is 1. The van der Waals surface area contributed by atoms with Crippen LogP contribution in [-0.4, -0.2) is 52.8 Å². The molecule has 0 atom stereocenters. The minimum atomic E-state index is -1.09. The maximum absolute atomic E-state index is 13.3. The van der Waals surface area contributed by atoms with Gasteiger partial charge in [-0.05, 0) is 76.5 Å². The number of anilines is 1. The van der Waals surface area contributed by atoms with Crippen molar-refractivity contribution in [2.24, 2.45) is 5.92 Å².